The number of cyclic esters (lactones) is 1. The largest absolute Gasteiger partial charge is 0.402 e. The highest BCUT2D eigenvalue weighted by atomic mass is 16.6. The molecule has 0 spiro atoms. The zero-order valence-corrected chi connectivity index (χ0v) is 12.2. The molecular formula is C17H12N2O4. The molecule has 1 aliphatic heterocycles. The Labute approximate surface area is 131 Å². The summed E-state index contributed by atoms with van der Waals surface area (Å²) in [5, 5.41) is 11.0. The van der Waals surface area contributed by atoms with Gasteiger partial charge in [0.1, 0.15) is 0 Å². The van der Waals surface area contributed by atoms with Gasteiger partial charge in [-0.15, -0.1) is 0 Å². The molecule has 0 aliphatic carbocycles. The zero-order valence-electron chi connectivity index (χ0n) is 12.2. The van der Waals surface area contributed by atoms with E-state index >= 15 is 0 Å². The molecule has 0 saturated carbocycles. The van der Waals surface area contributed by atoms with Crippen LogP contribution in [-0.2, 0) is 9.53 Å². The number of nitrogens with zero attached hydrogens (tertiary/aromatic N) is 2. The topological polar surface area (TPSA) is 81.8 Å². The number of nitro benzene ring substituents is 1. The van der Waals surface area contributed by atoms with E-state index in [1.54, 1.807) is 30.3 Å². The summed E-state index contributed by atoms with van der Waals surface area (Å²) in [6.45, 7) is 1.95. The number of rotatable bonds is 3. The van der Waals surface area contributed by atoms with E-state index in [9.17, 15) is 14.9 Å². The number of carbonyl (C=O) groups is 1. The summed E-state index contributed by atoms with van der Waals surface area (Å²) in [4.78, 5) is 26.6. The minimum Gasteiger partial charge on any atom is -0.402 e. The molecule has 6 heteroatoms. The molecule has 1 aliphatic rings. The van der Waals surface area contributed by atoms with Crippen LogP contribution in [-0.4, -0.2) is 16.8 Å². The molecule has 0 saturated heterocycles. The third-order valence-electron chi connectivity index (χ3n) is 3.34. The van der Waals surface area contributed by atoms with Crippen LogP contribution in [0.25, 0.3) is 6.08 Å². The number of hydrogen-bond acceptors (Lipinski definition) is 5. The SMILES string of the molecule is Cc1ccc(C2=N/C(=C\c3ccccc3[N+](=O)[O-])C(=O)O2)cc1. The van der Waals surface area contributed by atoms with E-state index in [1.807, 2.05) is 19.1 Å². The molecule has 0 fully saturated rings. The van der Waals surface area contributed by atoms with Crippen LogP contribution in [0.2, 0.25) is 0 Å². The van der Waals surface area contributed by atoms with Crippen molar-refractivity contribution in [1.29, 1.82) is 0 Å². The van der Waals surface area contributed by atoms with Crippen molar-refractivity contribution in [3.05, 3.63) is 81.0 Å². The van der Waals surface area contributed by atoms with Gasteiger partial charge in [0.2, 0.25) is 5.90 Å². The van der Waals surface area contributed by atoms with Crippen molar-refractivity contribution in [2.24, 2.45) is 4.99 Å². The second-order valence-electron chi connectivity index (χ2n) is 5.02. The first kappa shape index (κ1) is 14.6. The van der Waals surface area contributed by atoms with E-state index in [0.29, 0.717) is 11.1 Å². The Morgan fingerprint density at radius 2 is 1.83 bits per heavy atom. The lowest BCUT2D eigenvalue weighted by atomic mass is 10.1. The molecule has 3 rings (SSSR count). The zero-order chi connectivity index (χ0) is 16.4. The monoisotopic (exact) mass is 308 g/mol. The first-order chi connectivity index (χ1) is 11.0. The third kappa shape index (κ3) is 3.01. The molecular weight excluding hydrogens is 296 g/mol. The van der Waals surface area contributed by atoms with Crippen LogP contribution in [0.1, 0.15) is 16.7 Å². The number of benzene rings is 2. The molecule has 114 valence electrons. The summed E-state index contributed by atoms with van der Waals surface area (Å²) in [6, 6.07) is 13.5. The van der Waals surface area contributed by atoms with Crippen molar-refractivity contribution in [2.45, 2.75) is 6.92 Å². The van der Waals surface area contributed by atoms with E-state index in [4.69, 9.17) is 4.74 Å². The second-order valence-corrected chi connectivity index (χ2v) is 5.02. The molecule has 0 unspecified atom stereocenters. The van der Waals surface area contributed by atoms with Crippen molar-refractivity contribution < 1.29 is 14.5 Å². The number of ether oxygens (including phenoxy) is 1. The Morgan fingerprint density at radius 1 is 1.13 bits per heavy atom. The molecule has 0 atom stereocenters. The summed E-state index contributed by atoms with van der Waals surface area (Å²) in [7, 11) is 0. The van der Waals surface area contributed by atoms with Gasteiger partial charge in [-0.2, -0.15) is 0 Å². The quantitative estimate of drug-likeness (QED) is 0.377. The van der Waals surface area contributed by atoms with Crippen LogP contribution in [0.3, 0.4) is 0 Å². The van der Waals surface area contributed by atoms with E-state index in [2.05, 4.69) is 4.99 Å². The standard InChI is InChI=1S/C17H12N2O4/c1-11-6-8-12(9-7-11)16-18-14(17(20)23-16)10-13-4-2-3-5-15(13)19(21)22/h2-10H,1H3/b14-10-. The number of carbonyl (C=O) groups excluding carboxylic acids is 1. The van der Waals surface area contributed by atoms with Crippen LogP contribution in [0.4, 0.5) is 5.69 Å². The molecule has 0 aromatic heterocycles. The molecule has 0 bridgehead atoms. The lowest BCUT2D eigenvalue weighted by Gasteiger charge is -1.99. The Hall–Kier alpha value is -3.28. The lowest BCUT2D eigenvalue weighted by molar-refractivity contribution is -0.385. The Kier molecular flexibility index (Phi) is 3.72. The highest BCUT2D eigenvalue weighted by molar-refractivity contribution is 6.13. The maximum absolute atomic E-state index is 11.9. The number of aliphatic imine (C=N–C) groups is 1. The fourth-order valence-electron chi connectivity index (χ4n) is 2.15. The van der Waals surface area contributed by atoms with Crippen LogP contribution in [0.5, 0.6) is 0 Å². The van der Waals surface area contributed by atoms with Crippen molar-refractivity contribution >= 4 is 23.6 Å². The van der Waals surface area contributed by atoms with Crippen LogP contribution < -0.4 is 0 Å². The fraction of sp³-hybridized carbons (Fsp3) is 0.0588. The maximum Gasteiger partial charge on any atom is 0.363 e. The summed E-state index contributed by atoms with van der Waals surface area (Å²) >= 11 is 0. The van der Waals surface area contributed by atoms with Gasteiger partial charge >= 0.3 is 5.97 Å². The van der Waals surface area contributed by atoms with Crippen molar-refractivity contribution in [2.75, 3.05) is 0 Å². The molecule has 0 radical (unpaired) electrons. The molecule has 0 amide bonds. The molecule has 2 aromatic rings. The second kappa shape index (κ2) is 5.84. The summed E-state index contributed by atoms with van der Waals surface area (Å²) < 4.78 is 5.15. The van der Waals surface area contributed by atoms with Gasteiger partial charge in [0.25, 0.3) is 5.69 Å². The van der Waals surface area contributed by atoms with Crippen LogP contribution >= 0.6 is 0 Å². The smallest absolute Gasteiger partial charge is 0.363 e. The van der Waals surface area contributed by atoms with E-state index in [1.165, 1.54) is 12.1 Å². The minimum absolute atomic E-state index is 0.0369. The van der Waals surface area contributed by atoms with Gasteiger partial charge in [0.05, 0.1) is 10.5 Å². The number of para-hydroxylation sites is 1. The average molecular weight is 308 g/mol. The number of hydrogen-bond donors (Lipinski definition) is 0. The predicted molar refractivity (Wildman–Crippen MR) is 84.9 cm³/mol. The van der Waals surface area contributed by atoms with Gasteiger partial charge in [0.15, 0.2) is 5.70 Å². The number of aryl methyl sites for hydroxylation is 1. The number of nitro groups is 1. The van der Waals surface area contributed by atoms with E-state index < -0.39 is 10.9 Å². The van der Waals surface area contributed by atoms with E-state index in [0.717, 1.165) is 5.56 Å². The predicted octanol–water partition coefficient (Wildman–Crippen LogP) is 3.25. The normalized spacial score (nSPS) is 15.4. The van der Waals surface area contributed by atoms with Gasteiger partial charge in [0, 0.05) is 11.6 Å². The first-order valence-electron chi connectivity index (χ1n) is 6.87. The van der Waals surface area contributed by atoms with Crippen LogP contribution in [0.15, 0.2) is 59.2 Å². The van der Waals surface area contributed by atoms with Crippen molar-refractivity contribution in [3.63, 3.8) is 0 Å². The van der Waals surface area contributed by atoms with Crippen molar-refractivity contribution in [1.82, 2.24) is 0 Å². The van der Waals surface area contributed by atoms with Gasteiger partial charge in [-0.25, -0.2) is 9.79 Å². The Balaban J connectivity index is 1.99. The van der Waals surface area contributed by atoms with E-state index in [-0.39, 0.29) is 17.3 Å². The lowest BCUT2D eigenvalue weighted by Crippen LogP contribution is -2.05. The summed E-state index contributed by atoms with van der Waals surface area (Å²) in [6.07, 6.45) is 1.36. The highest BCUT2D eigenvalue weighted by Crippen LogP contribution is 2.24. The van der Waals surface area contributed by atoms with Gasteiger partial charge in [-0.3, -0.25) is 10.1 Å². The van der Waals surface area contributed by atoms with Gasteiger partial charge in [-0.1, -0.05) is 29.8 Å². The molecule has 23 heavy (non-hydrogen) atoms. The Bertz CT molecular complexity index is 851. The average Bonchev–Trinajstić information content (AvgIpc) is 2.89. The minimum atomic E-state index is -0.626. The summed E-state index contributed by atoms with van der Waals surface area (Å²) in [5.74, 6) is -0.432. The molecule has 1 heterocycles. The van der Waals surface area contributed by atoms with Gasteiger partial charge in [-0.05, 0) is 31.2 Å². The molecule has 2 aromatic carbocycles. The Morgan fingerprint density at radius 3 is 2.52 bits per heavy atom. The maximum atomic E-state index is 11.9. The fourth-order valence-corrected chi connectivity index (χ4v) is 2.15. The molecule has 0 N–H and O–H groups in total. The number of esters is 1. The van der Waals surface area contributed by atoms with Crippen LogP contribution in [0, 0.1) is 17.0 Å². The third-order valence-corrected chi connectivity index (χ3v) is 3.34. The van der Waals surface area contributed by atoms with Gasteiger partial charge < -0.3 is 4.74 Å². The molecule has 6 nitrogen and oxygen atoms in total. The van der Waals surface area contributed by atoms with Crippen molar-refractivity contribution in [3.8, 4) is 0 Å². The summed E-state index contributed by atoms with van der Waals surface area (Å²) in [5.41, 5.74) is 2.00. The first-order valence-corrected chi connectivity index (χ1v) is 6.87. The highest BCUT2D eigenvalue weighted by Gasteiger charge is 2.25.